The Balaban J connectivity index is 3.22. The van der Waals surface area contributed by atoms with Gasteiger partial charge in [-0.25, -0.2) is 0 Å². The van der Waals surface area contributed by atoms with E-state index in [1.165, 1.54) is 12.2 Å². The molecule has 0 aromatic heterocycles. The van der Waals surface area contributed by atoms with Gasteiger partial charge in [-0.1, -0.05) is 20.8 Å². The minimum atomic E-state index is 0.676. The molecule has 0 rings (SSSR count). The Bertz CT molecular complexity index is 85.6. The van der Waals surface area contributed by atoms with Crippen molar-refractivity contribution in [2.24, 2.45) is 0 Å². The summed E-state index contributed by atoms with van der Waals surface area (Å²) >= 11 is 2.02. The second-order valence-electron chi connectivity index (χ2n) is 2.98. The summed E-state index contributed by atoms with van der Waals surface area (Å²) in [7, 11) is 0. The molecule has 0 aliphatic carbocycles. The fourth-order valence-corrected chi connectivity index (χ4v) is 1.64. The molecule has 0 aliphatic heterocycles. The predicted octanol–water partition coefficient (Wildman–Crippen LogP) is 2.52. The normalized spacial score (nSPS) is 16.4. The first-order valence-electron chi connectivity index (χ1n) is 4.55. The highest BCUT2D eigenvalue weighted by Crippen LogP contribution is 2.07. The molecule has 0 amide bonds. The van der Waals surface area contributed by atoms with Crippen molar-refractivity contribution in [3.63, 3.8) is 0 Å². The molecular weight excluding hydrogens is 154 g/mol. The van der Waals surface area contributed by atoms with Crippen molar-refractivity contribution in [2.45, 2.75) is 45.4 Å². The maximum absolute atomic E-state index is 3.50. The first-order chi connectivity index (χ1) is 5.20. The molecule has 0 fully saturated rings. The van der Waals surface area contributed by atoms with Crippen molar-refractivity contribution in [1.29, 1.82) is 0 Å². The molecular formula is C9H21NS. The zero-order chi connectivity index (χ0) is 8.69. The zero-order valence-corrected chi connectivity index (χ0v) is 9.00. The summed E-state index contributed by atoms with van der Waals surface area (Å²) in [5, 5.41) is 4.25. The second kappa shape index (κ2) is 6.99. The van der Waals surface area contributed by atoms with Crippen molar-refractivity contribution in [3.05, 3.63) is 0 Å². The minimum Gasteiger partial charge on any atom is -0.313 e. The summed E-state index contributed by atoms with van der Waals surface area (Å²) in [4.78, 5) is 0. The van der Waals surface area contributed by atoms with Gasteiger partial charge < -0.3 is 5.32 Å². The van der Waals surface area contributed by atoms with Crippen LogP contribution in [0.25, 0.3) is 0 Å². The van der Waals surface area contributed by atoms with Crippen LogP contribution in [-0.2, 0) is 0 Å². The molecule has 0 saturated carbocycles. The molecule has 1 nitrogen and oxygen atoms in total. The van der Waals surface area contributed by atoms with Crippen LogP contribution in [-0.4, -0.2) is 23.6 Å². The Morgan fingerprint density at radius 1 is 1.27 bits per heavy atom. The molecule has 0 bridgehead atoms. The lowest BCUT2D eigenvalue weighted by molar-refractivity contribution is 0.537. The average Bonchev–Trinajstić information content (AvgIpc) is 2.01. The molecule has 0 spiro atoms. The first kappa shape index (κ1) is 11.3. The topological polar surface area (TPSA) is 12.0 Å². The highest BCUT2D eigenvalue weighted by molar-refractivity contribution is 7.99. The van der Waals surface area contributed by atoms with Gasteiger partial charge in [0.05, 0.1) is 0 Å². The van der Waals surface area contributed by atoms with E-state index in [1.807, 2.05) is 11.8 Å². The monoisotopic (exact) mass is 175 g/mol. The highest BCUT2D eigenvalue weighted by atomic mass is 32.2. The molecule has 0 aromatic rings. The van der Waals surface area contributed by atoms with E-state index in [1.54, 1.807) is 0 Å². The Morgan fingerprint density at radius 2 is 1.91 bits per heavy atom. The van der Waals surface area contributed by atoms with Crippen molar-refractivity contribution in [1.82, 2.24) is 5.32 Å². The number of thioether (sulfide) groups is 1. The first-order valence-corrected chi connectivity index (χ1v) is 5.60. The summed E-state index contributed by atoms with van der Waals surface area (Å²) in [6.07, 6.45) is 1.23. The third-order valence-corrected chi connectivity index (χ3v) is 2.89. The molecule has 2 atom stereocenters. The summed E-state index contributed by atoms with van der Waals surface area (Å²) in [5.41, 5.74) is 0. The number of nitrogens with one attached hydrogen (secondary N) is 1. The van der Waals surface area contributed by atoms with Crippen molar-refractivity contribution in [3.8, 4) is 0 Å². The molecule has 68 valence electrons. The summed E-state index contributed by atoms with van der Waals surface area (Å²) in [5.74, 6) is 1.23. The van der Waals surface area contributed by atoms with Crippen LogP contribution in [0, 0.1) is 0 Å². The SMILES string of the molecule is CCSC(C)CNC(C)CC. The van der Waals surface area contributed by atoms with Crippen LogP contribution in [0.5, 0.6) is 0 Å². The number of hydrogen-bond acceptors (Lipinski definition) is 2. The molecule has 1 N–H and O–H groups in total. The standard InChI is InChI=1S/C9H21NS/c1-5-8(3)10-7-9(4)11-6-2/h8-10H,5-7H2,1-4H3. The van der Waals surface area contributed by atoms with Gasteiger partial charge in [0, 0.05) is 17.8 Å². The van der Waals surface area contributed by atoms with E-state index in [9.17, 15) is 0 Å². The van der Waals surface area contributed by atoms with Gasteiger partial charge >= 0.3 is 0 Å². The Morgan fingerprint density at radius 3 is 2.36 bits per heavy atom. The van der Waals surface area contributed by atoms with Gasteiger partial charge in [0.15, 0.2) is 0 Å². The van der Waals surface area contributed by atoms with Crippen molar-refractivity contribution < 1.29 is 0 Å². The van der Waals surface area contributed by atoms with Gasteiger partial charge in [0.25, 0.3) is 0 Å². The van der Waals surface area contributed by atoms with Gasteiger partial charge in [0.1, 0.15) is 0 Å². The molecule has 2 unspecified atom stereocenters. The highest BCUT2D eigenvalue weighted by Gasteiger charge is 2.02. The van der Waals surface area contributed by atoms with Crippen LogP contribution < -0.4 is 5.32 Å². The van der Waals surface area contributed by atoms with Crippen LogP contribution in [0.1, 0.15) is 34.1 Å². The van der Waals surface area contributed by atoms with Gasteiger partial charge in [0.2, 0.25) is 0 Å². The maximum Gasteiger partial charge on any atom is 0.0144 e. The van der Waals surface area contributed by atoms with E-state index in [0.717, 1.165) is 11.8 Å². The smallest absolute Gasteiger partial charge is 0.0144 e. The Labute approximate surface area is 75.3 Å². The fraction of sp³-hybridized carbons (Fsp3) is 1.00. The molecule has 0 heterocycles. The number of rotatable bonds is 6. The lowest BCUT2D eigenvalue weighted by Gasteiger charge is -2.15. The van der Waals surface area contributed by atoms with Gasteiger partial charge in [-0.15, -0.1) is 0 Å². The lowest BCUT2D eigenvalue weighted by Crippen LogP contribution is -2.30. The van der Waals surface area contributed by atoms with Gasteiger partial charge in [-0.05, 0) is 19.1 Å². The van der Waals surface area contributed by atoms with Crippen LogP contribution in [0.15, 0.2) is 0 Å². The third-order valence-electron chi connectivity index (χ3n) is 1.82. The lowest BCUT2D eigenvalue weighted by atomic mass is 10.2. The molecule has 11 heavy (non-hydrogen) atoms. The summed E-state index contributed by atoms with van der Waals surface area (Å²) in [6, 6.07) is 0.676. The number of hydrogen-bond donors (Lipinski definition) is 1. The van der Waals surface area contributed by atoms with Crippen LogP contribution in [0.4, 0.5) is 0 Å². The van der Waals surface area contributed by atoms with Crippen LogP contribution in [0.3, 0.4) is 0 Å². The van der Waals surface area contributed by atoms with E-state index < -0.39 is 0 Å². The van der Waals surface area contributed by atoms with E-state index in [2.05, 4.69) is 33.0 Å². The van der Waals surface area contributed by atoms with E-state index in [0.29, 0.717) is 6.04 Å². The Kier molecular flexibility index (Phi) is 7.18. The van der Waals surface area contributed by atoms with Crippen LogP contribution in [0.2, 0.25) is 0 Å². The zero-order valence-electron chi connectivity index (χ0n) is 8.18. The van der Waals surface area contributed by atoms with Gasteiger partial charge in [-0.3, -0.25) is 0 Å². The van der Waals surface area contributed by atoms with E-state index >= 15 is 0 Å². The van der Waals surface area contributed by atoms with Gasteiger partial charge in [-0.2, -0.15) is 11.8 Å². The van der Waals surface area contributed by atoms with E-state index in [-0.39, 0.29) is 0 Å². The Hall–Kier alpha value is 0.310. The minimum absolute atomic E-state index is 0.676. The van der Waals surface area contributed by atoms with E-state index in [4.69, 9.17) is 0 Å². The molecule has 0 aliphatic rings. The molecule has 0 aromatic carbocycles. The largest absolute Gasteiger partial charge is 0.313 e. The third kappa shape index (κ3) is 6.70. The summed E-state index contributed by atoms with van der Waals surface area (Å²) < 4.78 is 0. The van der Waals surface area contributed by atoms with Crippen molar-refractivity contribution in [2.75, 3.05) is 12.3 Å². The molecule has 0 radical (unpaired) electrons. The second-order valence-corrected chi connectivity index (χ2v) is 4.70. The maximum atomic E-state index is 3.50. The average molecular weight is 175 g/mol. The fourth-order valence-electron chi connectivity index (χ4n) is 0.855. The van der Waals surface area contributed by atoms with Crippen LogP contribution >= 0.6 is 11.8 Å². The molecule has 2 heteroatoms. The summed E-state index contributed by atoms with van der Waals surface area (Å²) in [6.45, 7) is 10.1. The van der Waals surface area contributed by atoms with Crippen molar-refractivity contribution >= 4 is 11.8 Å². The molecule has 0 saturated heterocycles. The quantitative estimate of drug-likeness (QED) is 0.666. The predicted molar refractivity (Wildman–Crippen MR) is 55.3 cm³/mol.